The average Bonchev–Trinajstić information content (AvgIpc) is 2.75. The number of hydrogen-bond donors (Lipinski definition) is 2. The minimum absolute atomic E-state index is 0.0371. The van der Waals surface area contributed by atoms with E-state index in [4.69, 9.17) is 0 Å². The van der Waals surface area contributed by atoms with Crippen LogP contribution in [-0.4, -0.2) is 22.1 Å². The van der Waals surface area contributed by atoms with Crippen LogP contribution >= 0.6 is 0 Å². The Morgan fingerprint density at radius 1 is 1.62 bits per heavy atom. The number of fused-ring (bicyclic) bond motifs is 1. The molecule has 0 saturated carbocycles. The van der Waals surface area contributed by atoms with Crippen molar-refractivity contribution in [2.45, 2.75) is 13.0 Å². The Kier molecular flexibility index (Phi) is 2.72. The van der Waals surface area contributed by atoms with Crippen molar-refractivity contribution in [3.05, 3.63) is 42.6 Å². The van der Waals surface area contributed by atoms with Gasteiger partial charge in [0, 0.05) is 17.0 Å². The second kappa shape index (κ2) is 4.18. The standard InChI is InChI=1S/C12H13N3O/c1-3-8(2)14-12(16)9-4-5-10-7-13-15-11(10)6-9/h3-8H,1H2,2H3,(H,13,15)(H,14,16). The Balaban J connectivity index is 2.25. The second-order valence-electron chi connectivity index (χ2n) is 3.67. The lowest BCUT2D eigenvalue weighted by atomic mass is 10.1. The number of benzene rings is 1. The largest absolute Gasteiger partial charge is 0.346 e. The summed E-state index contributed by atoms with van der Waals surface area (Å²) in [6.07, 6.45) is 3.41. The summed E-state index contributed by atoms with van der Waals surface area (Å²) in [5, 5.41) is 10.5. The molecule has 4 nitrogen and oxygen atoms in total. The first-order valence-corrected chi connectivity index (χ1v) is 5.07. The van der Waals surface area contributed by atoms with E-state index in [1.807, 2.05) is 13.0 Å². The van der Waals surface area contributed by atoms with Gasteiger partial charge in [0.15, 0.2) is 0 Å². The predicted octanol–water partition coefficient (Wildman–Crippen LogP) is 1.87. The molecule has 1 aromatic carbocycles. The summed E-state index contributed by atoms with van der Waals surface area (Å²) in [6.45, 7) is 5.49. The van der Waals surface area contributed by atoms with Crippen LogP contribution in [0.4, 0.5) is 0 Å². The number of aromatic amines is 1. The molecule has 82 valence electrons. The van der Waals surface area contributed by atoms with Gasteiger partial charge in [-0.25, -0.2) is 0 Å². The Bertz CT molecular complexity index is 530. The number of H-pyrrole nitrogens is 1. The highest BCUT2D eigenvalue weighted by molar-refractivity contribution is 5.97. The normalized spacial score (nSPS) is 12.3. The SMILES string of the molecule is C=CC(C)NC(=O)c1ccc2cn[nH]c2c1. The van der Waals surface area contributed by atoms with Crippen molar-refractivity contribution < 1.29 is 4.79 Å². The lowest BCUT2D eigenvalue weighted by Gasteiger charge is -2.08. The number of nitrogens with zero attached hydrogens (tertiary/aromatic N) is 1. The van der Waals surface area contributed by atoms with Gasteiger partial charge in [0.2, 0.25) is 0 Å². The van der Waals surface area contributed by atoms with Crippen molar-refractivity contribution in [1.82, 2.24) is 15.5 Å². The lowest BCUT2D eigenvalue weighted by molar-refractivity contribution is 0.0947. The molecular weight excluding hydrogens is 202 g/mol. The smallest absolute Gasteiger partial charge is 0.251 e. The van der Waals surface area contributed by atoms with Crippen LogP contribution in [0, 0.1) is 0 Å². The molecule has 0 saturated heterocycles. The van der Waals surface area contributed by atoms with Gasteiger partial charge < -0.3 is 5.32 Å². The van der Waals surface area contributed by atoms with E-state index in [9.17, 15) is 4.79 Å². The van der Waals surface area contributed by atoms with Crippen LogP contribution < -0.4 is 5.32 Å². The Hall–Kier alpha value is -2.10. The van der Waals surface area contributed by atoms with Gasteiger partial charge in [0.25, 0.3) is 5.91 Å². The predicted molar refractivity (Wildman–Crippen MR) is 63.2 cm³/mol. The molecule has 0 aliphatic rings. The van der Waals surface area contributed by atoms with E-state index in [-0.39, 0.29) is 11.9 Å². The van der Waals surface area contributed by atoms with Crippen LogP contribution in [0.3, 0.4) is 0 Å². The quantitative estimate of drug-likeness (QED) is 0.768. The third-order valence-electron chi connectivity index (χ3n) is 2.42. The highest BCUT2D eigenvalue weighted by atomic mass is 16.1. The second-order valence-corrected chi connectivity index (χ2v) is 3.67. The van der Waals surface area contributed by atoms with Gasteiger partial charge in [-0.3, -0.25) is 9.89 Å². The van der Waals surface area contributed by atoms with E-state index in [0.29, 0.717) is 5.56 Å². The van der Waals surface area contributed by atoms with E-state index >= 15 is 0 Å². The molecule has 4 heteroatoms. The Labute approximate surface area is 93.4 Å². The topological polar surface area (TPSA) is 57.8 Å². The van der Waals surface area contributed by atoms with Crippen molar-refractivity contribution in [3.8, 4) is 0 Å². The molecule has 1 amide bonds. The average molecular weight is 215 g/mol. The molecule has 2 rings (SSSR count). The van der Waals surface area contributed by atoms with Gasteiger partial charge >= 0.3 is 0 Å². The number of carbonyl (C=O) groups is 1. The summed E-state index contributed by atoms with van der Waals surface area (Å²) in [6, 6.07) is 5.40. The van der Waals surface area contributed by atoms with E-state index in [0.717, 1.165) is 10.9 Å². The first-order chi connectivity index (χ1) is 7.70. The van der Waals surface area contributed by atoms with Gasteiger partial charge in [0.1, 0.15) is 0 Å². The fourth-order valence-corrected chi connectivity index (χ4v) is 1.43. The first-order valence-electron chi connectivity index (χ1n) is 5.07. The zero-order valence-corrected chi connectivity index (χ0v) is 9.03. The fraction of sp³-hybridized carbons (Fsp3) is 0.167. The number of amides is 1. The third-order valence-corrected chi connectivity index (χ3v) is 2.42. The van der Waals surface area contributed by atoms with Crippen LogP contribution in [0.5, 0.6) is 0 Å². The minimum atomic E-state index is -0.107. The van der Waals surface area contributed by atoms with Gasteiger partial charge in [-0.1, -0.05) is 12.1 Å². The molecule has 0 spiro atoms. The number of nitrogens with one attached hydrogen (secondary N) is 2. The molecular formula is C12H13N3O. The Morgan fingerprint density at radius 3 is 3.19 bits per heavy atom. The summed E-state index contributed by atoms with van der Waals surface area (Å²) in [5.41, 5.74) is 1.48. The summed E-state index contributed by atoms with van der Waals surface area (Å²) >= 11 is 0. The van der Waals surface area contributed by atoms with E-state index in [1.165, 1.54) is 0 Å². The molecule has 0 fully saturated rings. The maximum Gasteiger partial charge on any atom is 0.251 e. The number of aromatic nitrogens is 2. The number of carbonyl (C=O) groups excluding carboxylic acids is 1. The zero-order chi connectivity index (χ0) is 11.5. The van der Waals surface area contributed by atoms with E-state index in [1.54, 1.807) is 24.4 Å². The molecule has 1 aromatic heterocycles. The molecule has 0 bridgehead atoms. The molecule has 0 radical (unpaired) electrons. The van der Waals surface area contributed by atoms with Gasteiger partial charge in [0.05, 0.1) is 11.7 Å². The van der Waals surface area contributed by atoms with Crippen LogP contribution in [0.1, 0.15) is 17.3 Å². The highest BCUT2D eigenvalue weighted by Crippen LogP contribution is 2.12. The van der Waals surface area contributed by atoms with Gasteiger partial charge in [-0.2, -0.15) is 5.10 Å². The van der Waals surface area contributed by atoms with Crippen LogP contribution in [0.25, 0.3) is 10.9 Å². The zero-order valence-electron chi connectivity index (χ0n) is 9.03. The summed E-state index contributed by atoms with van der Waals surface area (Å²) in [7, 11) is 0. The summed E-state index contributed by atoms with van der Waals surface area (Å²) in [5.74, 6) is -0.107. The molecule has 16 heavy (non-hydrogen) atoms. The van der Waals surface area contributed by atoms with Crippen molar-refractivity contribution in [1.29, 1.82) is 0 Å². The number of hydrogen-bond acceptors (Lipinski definition) is 2. The fourth-order valence-electron chi connectivity index (χ4n) is 1.43. The highest BCUT2D eigenvalue weighted by Gasteiger charge is 2.08. The molecule has 1 heterocycles. The molecule has 0 aliphatic heterocycles. The first kappa shape index (κ1) is 10.4. The molecule has 1 atom stereocenters. The van der Waals surface area contributed by atoms with Crippen LogP contribution in [0.15, 0.2) is 37.1 Å². The lowest BCUT2D eigenvalue weighted by Crippen LogP contribution is -2.30. The monoisotopic (exact) mass is 215 g/mol. The number of rotatable bonds is 3. The maximum atomic E-state index is 11.8. The summed E-state index contributed by atoms with van der Waals surface area (Å²) in [4.78, 5) is 11.8. The van der Waals surface area contributed by atoms with E-state index < -0.39 is 0 Å². The maximum absolute atomic E-state index is 11.8. The van der Waals surface area contributed by atoms with Gasteiger partial charge in [-0.15, -0.1) is 6.58 Å². The molecule has 0 aliphatic carbocycles. The van der Waals surface area contributed by atoms with Crippen molar-refractivity contribution >= 4 is 16.8 Å². The van der Waals surface area contributed by atoms with Crippen LogP contribution in [-0.2, 0) is 0 Å². The van der Waals surface area contributed by atoms with Crippen molar-refractivity contribution in [3.63, 3.8) is 0 Å². The molecule has 1 unspecified atom stereocenters. The molecule has 2 aromatic rings. The van der Waals surface area contributed by atoms with Crippen molar-refractivity contribution in [2.24, 2.45) is 0 Å². The van der Waals surface area contributed by atoms with Gasteiger partial charge in [-0.05, 0) is 19.1 Å². The van der Waals surface area contributed by atoms with Crippen LogP contribution in [0.2, 0.25) is 0 Å². The summed E-state index contributed by atoms with van der Waals surface area (Å²) < 4.78 is 0. The third kappa shape index (κ3) is 1.95. The minimum Gasteiger partial charge on any atom is -0.346 e. The van der Waals surface area contributed by atoms with Crippen molar-refractivity contribution in [2.75, 3.05) is 0 Å². The molecule has 2 N–H and O–H groups in total. The Morgan fingerprint density at radius 2 is 2.44 bits per heavy atom. The van der Waals surface area contributed by atoms with E-state index in [2.05, 4.69) is 22.1 Å².